The fourth-order valence-corrected chi connectivity index (χ4v) is 2.50. The molecule has 1 aliphatic carbocycles. The fraction of sp³-hybridized carbons (Fsp3) is 0.571. The summed E-state index contributed by atoms with van der Waals surface area (Å²) in [6, 6.07) is 1.57. The first-order chi connectivity index (χ1) is 8.50. The summed E-state index contributed by atoms with van der Waals surface area (Å²) >= 11 is 0. The predicted octanol–water partition coefficient (Wildman–Crippen LogP) is 2.08. The Hall–Kier alpha value is -1.58. The van der Waals surface area contributed by atoms with Gasteiger partial charge in [-0.25, -0.2) is 4.79 Å². The number of hydrogen-bond acceptors (Lipinski definition) is 2. The van der Waals surface area contributed by atoms with Crippen molar-refractivity contribution in [3.63, 3.8) is 0 Å². The summed E-state index contributed by atoms with van der Waals surface area (Å²) < 4.78 is 1.69. The molecule has 0 spiro atoms. The number of aromatic nitrogens is 1. The SMILES string of the molecule is CC(C)CCn1c2c(cc(C(=O)O)c1=O)CCC2. The van der Waals surface area contributed by atoms with Gasteiger partial charge in [0.25, 0.3) is 5.56 Å². The van der Waals surface area contributed by atoms with Crippen molar-refractivity contribution in [1.82, 2.24) is 4.57 Å². The number of fused-ring (bicyclic) bond motifs is 1. The molecule has 1 aromatic heterocycles. The molecule has 1 aromatic rings. The van der Waals surface area contributed by atoms with Crippen molar-refractivity contribution >= 4 is 5.97 Å². The van der Waals surface area contributed by atoms with Crippen LogP contribution in [0.15, 0.2) is 10.9 Å². The van der Waals surface area contributed by atoms with E-state index in [1.807, 2.05) is 0 Å². The largest absolute Gasteiger partial charge is 0.477 e. The number of rotatable bonds is 4. The van der Waals surface area contributed by atoms with E-state index in [1.54, 1.807) is 10.6 Å². The van der Waals surface area contributed by atoms with Gasteiger partial charge < -0.3 is 9.67 Å². The van der Waals surface area contributed by atoms with Crippen molar-refractivity contribution in [2.24, 2.45) is 5.92 Å². The van der Waals surface area contributed by atoms with Crippen LogP contribution >= 0.6 is 0 Å². The molecule has 0 amide bonds. The van der Waals surface area contributed by atoms with E-state index in [1.165, 1.54) is 0 Å². The lowest BCUT2D eigenvalue weighted by atomic mass is 10.1. The highest BCUT2D eigenvalue weighted by Crippen LogP contribution is 2.22. The quantitative estimate of drug-likeness (QED) is 0.888. The van der Waals surface area contributed by atoms with Crippen LogP contribution in [0, 0.1) is 5.92 Å². The molecule has 0 saturated heterocycles. The zero-order valence-electron chi connectivity index (χ0n) is 10.9. The second-order valence-electron chi connectivity index (χ2n) is 5.33. The average molecular weight is 249 g/mol. The molecule has 98 valence electrons. The van der Waals surface area contributed by atoms with Crippen molar-refractivity contribution < 1.29 is 9.90 Å². The Bertz CT molecular complexity index is 529. The van der Waals surface area contributed by atoms with Crippen LogP contribution in [0.2, 0.25) is 0 Å². The van der Waals surface area contributed by atoms with Gasteiger partial charge in [-0.15, -0.1) is 0 Å². The van der Waals surface area contributed by atoms with Gasteiger partial charge in [-0.05, 0) is 43.2 Å². The molecule has 0 aliphatic heterocycles. The zero-order chi connectivity index (χ0) is 13.3. The molecular weight excluding hydrogens is 230 g/mol. The summed E-state index contributed by atoms with van der Waals surface area (Å²) in [4.78, 5) is 23.3. The minimum absolute atomic E-state index is 0.0839. The third-order valence-electron chi connectivity index (χ3n) is 3.51. The second-order valence-corrected chi connectivity index (χ2v) is 5.33. The average Bonchev–Trinajstić information content (AvgIpc) is 2.74. The summed E-state index contributed by atoms with van der Waals surface area (Å²) in [5.74, 6) is -0.615. The number of pyridine rings is 1. The van der Waals surface area contributed by atoms with E-state index in [2.05, 4.69) is 13.8 Å². The predicted molar refractivity (Wildman–Crippen MR) is 69.1 cm³/mol. The second kappa shape index (κ2) is 4.96. The molecule has 4 heteroatoms. The number of carboxylic acids is 1. The van der Waals surface area contributed by atoms with Crippen LogP contribution in [0.4, 0.5) is 0 Å². The number of carbonyl (C=O) groups is 1. The van der Waals surface area contributed by atoms with Gasteiger partial charge in [0.2, 0.25) is 0 Å². The van der Waals surface area contributed by atoms with Gasteiger partial charge in [0.15, 0.2) is 0 Å². The van der Waals surface area contributed by atoms with E-state index in [9.17, 15) is 9.59 Å². The third kappa shape index (κ3) is 2.33. The van der Waals surface area contributed by atoms with Crippen molar-refractivity contribution in [2.45, 2.75) is 46.1 Å². The number of nitrogens with zero attached hydrogens (tertiary/aromatic N) is 1. The van der Waals surface area contributed by atoms with E-state index in [4.69, 9.17) is 5.11 Å². The van der Waals surface area contributed by atoms with Crippen molar-refractivity contribution in [1.29, 1.82) is 0 Å². The first-order valence-corrected chi connectivity index (χ1v) is 6.49. The van der Waals surface area contributed by atoms with Crippen LogP contribution < -0.4 is 5.56 Å². The molecule has 4 nitrogen and oxygen atoms in total. The maximum absolute atomic E-state index is 12.2. The van der Waals surface area contributed by atoms with Gasteiger partial charge in [0.05, 0.1) is 0 Å². The first-order valence-electron chi connectivity index (χ1n) is 6.49. The standard InChI is InChI=1S/C14H19NO3/c1-9(2)6-7-15-12-5-3-4-10(12)8-11(13(15)16)14(17)18/h8-9H,3-7H2,1-2H3,(H,17,18). The molecule has 0 atom stereocenters. The smallest absolute Gasteiger partial charge is 0.341 e. The van der Waals surface area contributed by atoms with E-state index in [-0.39, 0.29) is 11.1 Å². The Morgan fingerprint density at radius 1 is 1.44 bits per heavy atom. The van der Waals surface area contributed by atoms with E-state index in [0.717, 1.165) is 36.9 Å². The van der Waals surface area contributed by atoms with Gasteiger partial charge in [-0.1, -0.05) is 13.8 Å². The summed E-state index contributed by atoms with van der Waals surface area (Å²) in [5.41, 5.74) is 1.66. The minimum Gasteiger partial charge on any atom is -0.477 e. The van der Waals surface area contributed by atoms with Crippen LogP contribution in [0.5, 0.6) is 0 Å². The van der Waals surface area contributed by atoms with Crippen LogP contribution in [0.3, 0.4) is 0 Å². The molecule has 0 bridgehead atoms. The normalized spacial score (nSPS) is 13.9. The van der Waals surface area contributed by atoms with Crippen molar-refractivity contribution in [3.8, 4) is 0 Å². The lowest BCUT2D eigenvalue weighted by molar-refractivity contribution is 0.0694. The lowest BCUT2D eigenvalue weighted by Gasteiger charge is -2.14. The Labute approximate surface area is 106 Å². The molecular formula is C14H19NO3. The van der Waals surface area contributed by atoms with Crippen LogP contribution in [-0.4, -0.2) is 15.6 Å². The molecule has 1 heterocycles. The summed E-state index contributed by atoms with van der Waals surface area (Å²) in [6.45, 7) is 4.83. The fourth-order valence-electron chi connectivity index (χ4n) is 2.50. The topological polar surface area (TPSA) is 59.3 Å². The Morgan fingerprint density at radius 2 is 2.17 bits per heavy atom. The maximum atomic E-state index is 12.2. The molecule has 0 aromatic carbocycles. The van der Waals surface area contributed by atoms with E-state index < -0.39 is 5.97 Å². The molecule has 0 radical (unpaired) electrons. The molecule has 2 rings (SSSR count). The number of aryl methyl sites for hydroxylation is 1. The number of carboxylic acid groups (broad SMARTS) is 1. The van der Waals surface area contributed by atoms with Crippen molar-refractivity contribution in [3.05, 3.63) is 33.2 Å². The summed E-state index contributed by atoms with van der Waals surface area (Å²) in [7, 11) is 0. The van der Waals surface area contributed by atoms with Gasteiger partial charge in [-0.2, -0.15) is 0 Å². The van der Waals surface area contributed by atoms with Gasteiger partial charge >= 0.3 is 5.97 Å². The zero-order valence-corrected chi connectivity index (χ0v) is 10.9. The number of hydrogen-bond donors (Lipinski definition) is 1. The monoisotopic (exact) mass is 249 g/mol. The van der Waals surface area contributed by atoms with E-state index in [0.29, 0.717) is 12.5 Å². The Balaban J connectivity index is 2.48. The van der Waals surface area contributed by atoms with Crippen LogP contribution in [0.25, 0.3) is 0 Å². The minimum atomic E-state index is -1.12. The maximum Gasteiger partial charge on any atom is 0.341 e. The van der Waals surface area contributed by atoms with Crippen LogP contribution in [-0.2, 0) is 19.4 Å². The Kier molecular flexibility index (Phi) is 3.55. The number of aromatic carboxylic acids is 1. The third-order valence-corrected chi connectivity index (χ3v) is 3.51. The van der Waals surface area contributed by atoms with Gasteiger partial charge in [-0.3, -0.25) is 4.79 Å². The first kappa shape index (κ1) is 12.9. The van der Waals surface area contributed by atoms with Gasteiger partial charge in [0, 0.05) is 12.2 Å². The molecule has 1 aliphatic rings. The van der Waals surface area contributed by atoms with E-state index >= 15 is 0 Å². The molecule has 0 unspecified atom stereocenters. The molecule has 1 N–H and O–H groups in total. The van der Waals surface area contributed by atoms with Gasteiger partial charge in [0.1, 0.15) is 5.56 Å². The molecule has 18 heavy (non-hydrogen) atoms. The highest BCUT2D eigenvalue weighted by molar-refractivity contribution is 5.87. The highest BCUT2D eigenvalue weighted by atomic mass is 16.4. The highest BCUT2D eigenvalue weighted by Gasteiger charge is 2.21. The summed E-state index contributed by atoms with van der Waals surface area (Å²) in [6.07, 6.45) is 3.69. The van der Waals surface area contributed by atoms with Crippen molar-refractivity contribution in [2.75, 3.05) is 0 Å². The van der Waals surface area contributed by atoms with Crippen LogP contribution in [0.1, 0.15) is 48.3 Å². The molecule has 0 saturated carbocycles. The lowest BCUT2D eigenvalue weighted by Crippen LogP contribution is -2.29. The summed E-state index contributed by atoms with van der Waals surface area (Å²) in [5, 5.41) is 9.09. The molecule has 0 fully saturated rings. The Morgan fingerprint density at radius 3 is 2.78 bits per heavy atom.